The Labute approximate surface area is 113 Å². The van der Waals surface area contributed by atoms with Gasteiger partial charge in [0.25, 0.3) is 5.91 Å². The summed E-state index contributed by atoms with van der Waals surface area (Å²) in [5.41, 5.74) is 6.20. The molecule has 0 aromatic heterocycles. The zero-order valence-electron chi connectivity index (χ0n) is 11.6. The first-order valence-corrected chi connectivity index (χ1v) is 6.39. The molecule has 4 nitrogen and oxygen atoms in total. The molecule has 106 valence electrons. The summed E-state index contributed by atoms with van der Waals surface area (Å²) in [5.74, 6) is -0.271. The molecule has 1 aromatic rings. The molecule has 19 heavy (non-hydrogen) atoms. The normalized spacial score (nSPS) is 12.3. The van der Waals surface area contributed by atoms with Crippen LogP contribution in [0.5, 0.6) is 5.75 Å². The summed E-state index contributed by atoms with van der Waals surface area (Å²) < 4.78 is 18.8. The SMILES string of the molecule is CC(C)NC(=O)C(C)Oc1cc(F)cc(CCN)c1. The van der Waals surface area contributed by atoms with E-state index in [1.54, 1.807) is 13.0 Å². The van der Waals surface area contributed by atoms with Crippen molar-refractivity contribution in [3.05, 3.63) is 29.6 Å². The van der Waals surface area contributed by atoms with Crippen LogP contribution in [-0.4, -0.2) is 24.6 Å². The molecule has 0 aliphatic heterocycles. The molecule has 0 heterocycles. The monoisotopic (exact) mass is 268 g/mol. The Kier molecular flexibility index (Phi) is 5.76. The van der Waals surface area contributed by atoms with Gasteiger partial charge >= 0.3 is 0 Å². The predicted octanol–water partition coefficient (Wildman–Crippen LogP) is 1.62. The molecule has 1 amide bonds. The highest BCUT2D eigenvalue weighted by molar-refractivity contribution is 5.80. The Hall–Kier alpha value is -1.62. The second-order valence-corrected chi connectivity index (χ2v) is 4.76. The summed E-state index contributed by atoms with van der Waals surface area (Å²) in [6, 6.07) is 4.42. The van der Waals surface area contributed by atoms with Crippen LogP contribution in [0.3, 0.4) is 0 Å². The Balaban J connectivity index is 2.73. The number of hydrogen-bond acceptors (Lipinski definition) is 3. The lowest BCUT2D eigenvalue weighted by Gasteiger charge is -2.17. The third-order valence-corrected chi connectivity index (χ3v) is 2.48. The molecule has 0 aliphatic rings. The summed E-state index contributed by atoms with van der Waals surface area (Å²) in [5, 5.41) is 2.74. The van der Waals surface area contributed by atoms with Gasteiger partial charge in [-0.05, 0) is 51.4 Å². The van der Waals surface area contributed by atoms with Crippen LogP contribution in [0.25, 0.3) is 0 Å². The minimum absolute atomic E-state index is 0.0406. The van der Waals surface area contributed by atoms with Gasteiger partial charge < -0.3 is 15.8 Å². The maximum Gasteiger partial charge on any atom is 0.260 e. The first-order valence-electron chi connectivity index (χ1n) is 6.39. The van der Waals surface area contributed by atoms with Gasteiger partial charge in [0.05, 0.1) is 0 Å². The van der Waals surface area contributed by atoms with Gasteiger partial charge in [0.1, 0.15) is 11.6 Å². The first kappa shape index (κ1) is 15.4. The lowest BCUT2D eigenvalue weighted by Crippen LogP contribution is -2.40. The third-order valence-electron chi connectivity index (χ3n) is 2.48. The van der Waals surface area contributed by atoms with E-state index >= 15 is 0 Å². The predicted molar refractivity (Wildman–Crippen MR) is 72.5 cm³/mol. The summed E-state index contributed by atoms with van der Waals surface area (Å²) in [6.07, 6.45) is -0.101. The van der Waals surface area contributed by atoms with Crippen molar-refractivity contribution in [2.24, 2.45) is 5.73 Å². The van der Waals surface area contributed by atoms with E-state index in [-0.39, 0.29) is 11.9 Å². The van der Waals surface area contributed by atoms with Crippen LogP contribution in [0.4, 0.5) is 4.39 Å². The van der Waals surface area contributed by atoms with Crippen molar-refractivity contribution < 1.29 is 13.9 Å². The van der Waals surface area contributed by atoms with Gasteiger partial charge in [-0.1, -0.05) is 0 Å². The molecule has 1 atom stereocenters. The third kappa shape index (κ3) is 5.26. The quantitative estimate of drug-likeness (QED) is 0.824. The average molecular weight is 268 g/mol. The Morgan fingerprint density at radius 3 is 2.63 bits per heavy atom. The minimum atomic E-state index is -0.671. The average Bonchev–Trinajstić information content (AvgIpc) is 2.27. The van der Waals surface area contributed by atoms with Crippen molar-refractivity contribution >= 4 is 5.91 Å². The lowest BCUT2D eigenvalue weighted by molar-refractivity contribution is -0.127. The van der Waals surface area contributed by atoms with Crippen LogP contribution in [0.1, 0.15) is 26.3 Å². The topological polar surface area (TPSA) is 64.3 Å². The van der Waals surface area contributed by atoms with E-state index in [1.165, 1.54) is 12.1 Å². The number of amides is 1. The second-order valence-electron chi connectivity index (χ2n) is 4.76. The van der Waals surface area contributed by atoms with Crippen LogP contribution < -0.4 is 15.8 Å². The van der Waals surface area contributed by atoms with Crippen molar-refractivity contribution in [1.82, 2.24) is 5.32 Å². The van der Waals surface area contributed by atoms with Gasteiger partial charge in [0.15, 0.2) is 6.10 Å². The molecular weight excluding hydrogens is 247 g/mol. The summed E-state index contributed by atoms with van der Waals surface area (Å²) >= 11 is 0. The van der Waals surface area contributed by atoms with Gasteiger partial charge in [-0.25, -0.2) is 4.39 Å². The molecule has 1 aromatic carbocycles. The number of hydrogen-bond donors (Lipinski definition) is 2. The zero-order chi connectivity index (χ0) is 14.4. The molecule has 3 N–H and O–H groups in total. The zero-order valence-corrected chi connectivity index (χ0v) is 11.6. The molecule has 0 fully saturated rings. The van der Waals surface area contributed by atoms with E-state index in [0.717, 1.165) is 5.56 Å². The number of nitrogens with one attached hydrogen (secondary N) is 1. The van der Waals surface area contributed by atoms with Crippen LogP contribution in [-0.2, 0) is 11.2 Å². The fourth-order valence-electron chi connectivity index (χ4n) is 1.66. The minimum Gasteiger partial charge on any atom is -0.481 e. The number of carbonyl (C=O) groups is 1. The van der Waals surface area contributed by atoms with Gasteiger partial charge in [-0.3, -0.25) is 4.79 Å². The van der Waals surface area contributed by atoms with Crippen molar-refractivity contribution in [2.45, 2.75) is 39.3 Å². The van der Waals surface area contributed by atoms with Crippen molar-refractivity contribution in [3.63, 3.8) is 0 Å². The van der Waals surface area contributed by atoms with Gasteiger partial charge in [-0.15, -0.1) is 0 Å². The molecule has 5 heteroatoms. The van der Waals surface area contributed by atoms with Gasteiger partial charge in [-0.2, -0.15) is 0 Å². The van der Waals surface area contributed by atoms with E-state index in [0.29, 0.717) is 18.7 Å². The first-order chi connectivity index (χ1) is 8.92. The molecule has 1 unspecified atom stereocenters. The molecule has 0 radical (unpaired) electrons. The highest BCUT2D eigenvalue weighted by Crippen LogP contribution is 2.18. The Morgan fingerprint density at radius 1 is 1.37 bits per heavy atom. The molecule has 0 spiro atoms. The Morgan fingerprint density at radius 2 is 2.05 bits per heavy atom. The summed E-state index contributed by atoms with van der Waals surface area (Å²) in [6.45, 7) is 5.80. The van der Waals surface area contributed by atoms with Crippen LogP contribution in [0, 0.1) is 5.82 Å². The van der Waals surface area contributed by atoms with Crippen LogP contribution >= 0.6 is 0 Å². The van der Waals surface area contributed by atoms with E-state index in [9.17, 15) is 9.18 Å². The number of benzene rings is 1. The number of carbonyl (C=O) groups excluding carboxylic acids is 1. The second kappa shape index (κ2) is 7.09. The van der Waals surface area contributed by atoms with Crippen molar-refractivity contribution in [3.8, 4) is 5.75 Å². The largest absolute Gasteiger partial charge is 0.481 e. The van der Waals surface area contributed by atoms with E-state index in [2.05, 4.69) is 5.32 Å². The van der Waals surface area contributed by atoms with Crippen molar-refractivity contribution in [1.29, 1.82) is 0 Å². The number of rotatable bonds is 6. The smallest absolute Gasteiger partial charge is 0.260 e. The van der Waals surface area contributed by atoms with Gasteiger partial charge in [0.2, 0.25) is 0 Å². The van der Waals surface area contributed by atoms with Gasteiger partial charge in [0, 0.05) is 12.1 Å². The maximum atomic E-state index is 13.4. The highest BCUT2D eigenvalue weighted by Gasteiger charge is 2.15. The molecule has 0 aliphatic carbocycles. The molecule has 0 saturated heterocycles. The Bertz CT molecular complexity index is 435. The van der Waals surface area contributed by atoms with Crippen LogP contribution in [0.15, 0.2) is 18.2 Å². The molecule has 1 rings (SSSR count). The van der Waals surface area contributed by atoms with Crippen molar-refractivity contribution in [2.75, 3.05) is 6.54 Å². The molecule has 0 bridgehead atoms. The number of halogens is 1. The fourth-order valence-corrected chi connectivity index (χ4v) is 1.66. The fraction of sp³-hybridized carbons (Fsp3) is 0.500. The number of ether oxygens (including phenoxy) is 1. The van der Waals surface area contributed by atoms with Crippen LogP contribution in [0.2, 0.25) is 0 Å². The lowest BCUT2D eigenvalue weighted by atomic mass is 10.1. The van der Waals surface area contributed by atoms with E-state index in [1.807, 2.05) is 13.8 Å². The summed E-state index contributed by atoms with van der Waals surface area (Å²) in [4.78, 5) is 11.7. The standard InChI is InChI=1S/C14H21FN2O2/c1-9(2)17-14(18)10(3)19-13-7-11(4-5-16)6-12(15)8-13/h6-10H,4-5,16H2,1-3H3,(H,17,18). The van der Waals surface area contributed by atoms with E-state index in [4.69, 9.17) is 10.5 Å². The van der Waals surface area contributed by atoms with E-state index < -0.39 is 11.9 Å². The number of nitrogens with two attached hydrogens (primary N) is 1. The summed E-state index contributed by atoms with van der Waals surface area (Å²) in [7, 11) is 0. The highest BCUT2D eigenvalue weighted by atomic mass is 19.1. The molecular formula is C14H21FN2O2. The maximum absolute atomic E-state index is 13.4. The molecule has 0 saturated carbocycles.